The Morgan fingerprint density at radius 2 is 1.14 bits per heavy atom. The minimum absolute atomic E-state index is 0.0353. The molecule has 12 atom stereocenters. The first-order chi connectivity index (χ1) is 16.8. The average molecular weight is 523 g/mol. The van der Waals surface area contributed by atoms with Gasteiger partial charge in [-0.25, -0.2) is 0 Å². The van der Waals surface area contributed by atoms with E-state index in [0.29, 0.717) is 39.0 Å². The van der Waals surface area contributed by atoms with Crippen molar-refractivity contribution in [2.24, 2.45) is 28.9 Å². The van der Waals surface area contributed by atoms with Crippen LogP contribution in [0, 0.1) is 5.92 Å². The topological polar surface area (TPSA) is 230 Å². The number of hydrogen-bond donors (Lipinski definition) is 9. The van der Waals surface area contributed by atoms with Gasteiger partial charge in [0.2, 0.25) is 0 Å². The van der Waals surface area contributed by atoms with Gasteiger partial charge in [-0.2, -0.15) is 0 Å². The van der Waals surface area contributed by atoms with Crippen molar-refractivity contribution in [1.29, 1.82) is 0 Å². The van der Waals surface area contributed by atoms with E-state index in [1.165, 1.54) is 0 Å². The van der Waals surface area contributed by atoms with Crippen LogP contribution in [-0.2, 0) is 9.47 Å². The highest BCUT2D eigenvalue weighted by molar-refractivity contribution is 4.98. The van der Waals surface area contributed by atoms with Crippen molar-refractivity contribution in [3.63, 3.8) is 0 Å². The molecular formula is C23H50N6O7. The molecule has 0 aliphatic heterocycles. The molecular weight excluding hydrogens is 472 g/mol. The van der Waals surface area contributed by atoms with Crippen molar-refractivity contribution in [1.82, 2.24) is 9.80 Å². The summed E-state index contributed by atoms with van der Waals surface area (Å²) in [4.78, 5) is 3.88. The molecule has 0 spiro atoms. The van der Waals surface area contributed by atoms with E-state index in [-0.39, 0.29) is 25.2 Å². The van der Waals surface area contributed by atoms with Crippen LogP contribution in [0.2, 0.25) is 0 Å². The Labute approximate surface area is 214 Å². The van der Waals surface area contributed by atoms with E-state index in [1.807, 2.05) is 30.8 Å². The summed E-state index contributed by atoms with van der Waals surface area (Å²) in [7, 11) is 3.74. The fraction of sp³-hybridized carbons (Fsp3) is 1.00. The lowest BCUT2D eigenvalue weighted by Gasteiger charge is -2.41. The first-order valence-electron chi connectivity index (χ1n) is 12.8. The number of nitrogens with zero attached hydrogens (tertiary/aromatic N) is 2. The first kappa shape index (κ1) is 31.7. The summed E-state index contributed by atoms with van der Waals surface area (Å²) in [5, 5.41) is 51.2. The number of aliphatic hydroxyl groups excluding tert-OH is 5. The summed E-state index contributed by atoms with van der Waals surface area (Å²) in [6.07, 6.45) is -5.13. The fourth-order valence-electron chi connectivity index (χ4n) is 5.02. The van der Waals surface area contributed by atoms with E-state index in [1.54, 1.807) is 0 Å². The van der Waals surface area contributed by atoms with Gasteiger partial charge < -0.3 is 67.7 Å². The van der Waals surface area contributed by atoms with Crippen molar-refractivity contribution >= 4 is 0 Å². The molecule has 0 radical (unpaired) electrons. The second-order valence-electron chi connectivity index (χ2n) is 10.9. The number of ether oxygens (including phenoxy) is 2. The van der Waals surface area contributed by atoms with Gasteiger partial charge in [-0.1, -0.05) is 6.92 Å². The molecule has 2 rings (SSSR count). The molecule has 2 saturated carbocycles. The molecule has 2 aliphatic carbocycles. The highest BCUT2D eigenvalue weighted by Crippen LogP contribution is 2.26. The largest absolute Gasteiger partial charge is 0.389 e. The zero-order valence-electron chi connectivity index (χ0n) is 21.8. The summed E-state index contributed by atoms with van der Waals surface area (Å²) < 4.78 is 11.4. The van der Waals surface area contributed by atoms with Crippen LogP contribution >= 0.6 is 0 Å². The SMILES string of the molecule is C[C@@H]1[C@@H](OCC(O)CN(C)CCN(C)CC(O)CO[C@H]2[C@H](O)[C@@H](O)[C@H](N)C[C@@H]2N)[C@H](O)[C@@H](N)C[C@H]1N. The van der Waals surface area contributed by atoms with Gasteiger partial charge in [-0.3, -0.25) is 0 Å². The van der Waals surface area contributed by atoms with E-state index < -0.39 is 60.9 Å². The quantitative estimate of drug-likeness (QED) is 0.111. The van der Waals surface area contributed by atoms with Crippen LogP contribution in [0.4, 0.5) is 0 Å². The van der Waals surface area contributed by atoms with Crippen molar-refractivity contribution in [2.75, 3.05) is 53.5 Å². The van der Waals surface area contributed by atoms with Crippen LogP contribution < -0.4 is 22.9 Å². The van der Waals surface area contributed by atoms with Crippen LogP contribution in [-0.4, -0.2) is 156 Å². The van der Waals surface area contributed by atoms with Crippen molar-refractivity contribution in [3.8, 4) is 0 Å². The molecule has 13 heteroatoms. The summed E-state index contributed by atoms with van der Waals surface area (Å²) in [6, 6.07) is -1.72. The zero-order valence-corrected chi connectivity index (χ0v) is 21.8. The molecule has 2 aliphatic rings. The Morgan fingerprint density at radius 3 is 1.67 bits per heavy atom. The predicted octanol–water partition coefficient (Wildman–Crippen LogP) is -4.82. The van der Waals surface area contributed by atoms with Gasteiger partial charge in [0, 0.05) is 56.3 Å². The normalized spacial score (nSPS) is 39.5. The lowest BCUT2D eigenvalue weighted by Crippen LogP contribution is -2.62. The molecule has 0 aromatic heterocycles. The minimum atomic E-state index is -1.20. The number of rotatable bonds is 13. The average Bonchev–Trinajstić information content (AvgIpc) is 2.80. The maximum Gasteiger partial charge on any atom is 0.109 e. The Kier molecular flexibility index (Phi) is 12.8. The molecule has 13 nitrogen and oxygen atoms in total. The van der Waals surface area contributed by atoms with Crippen molar-refractivity contribution < 1.29 is 35.0 Å². The van der Waals surface area contributed by atoms with E-state index in [9.17, 15) is 25.5 Å². The van der Waals surface area contributed by atoms with Crippen LogP contribution in [0.1, 0.15) is 19.8 Å². The lowest BCUT2D eigenvalue weighted by molar-refractivity contribution is -0.139. The van der Waals surface area contributed by atoms with Gasteiger partial charge in [0.1, 0.15) is 12.2 Å². The lowest BCUT2D eigenvalue weighted by atomic mass is 9.79. The molecule has 0 saturated heterocycles. The van der Waals surface area contributed by atoms with Gasteiger partial charge in [0.15, 0.2) is 0 Å². The van der Waals surface area contributed by atoms with Crippen molar-refractivity contribution in [3.05, 3.63) is 0 Å². The summed E-state index contributed by atoms with van der Waals surface area (Å²) in [6.45, 7) is 3.91. The molecule has 214 valence electrons. The minimum Gasteiger partial charge on any atom is -0.389 e. The highest BCUT2D eigenvalue weighted by atomic mass is 16.5. The molecule has 2 fully saturated rings. The standard InChI is InChI=1S/C23H50N6O7/c1-12-15(24)6-17(26)20(33)22(12)35-10-13(30)8-28(2)4-5-29(3)9-14(31)11-36-23-18(27)7-16(25)19(32)21(23)34/h12-23,30-34H,4-11,24-27H2,1-3H3/t12-,13?,14?,15+,16+,17-,18-,19-,20+,21+,22+,23+/m0/s1. The smallest absolute Gasteiger partial charge is 0.109 e. The number of likely N-dealkylation sites (N-methyl/N-ethyl adjacent to an activating group) is 2. The van der Waals surface area contributed by atoms with Gasteiger partial charge in [0.25, 0.3) is 0 Å². The molecule has 0 amide bonds. The first-order valence-corrected chi connectivity index (χ1v) is 12.8. The fourth-order valence-corrected chi connectivity index (χ4v) is 5.02. The molecule has 2 unspecified atom stereocenters. The predicted molar refractivity (Wildman–Crippen MR) is 135 cm³/mol. The Balaban J connectivity index is 1.65. The van der Waals surface area contributed by atoms with Crippen molar-refractivity contribution in [2.45, 2.75) is 86.7 Å². The van der Waals surface area contributed by atoms with Crippen LogP contribution in [0.25, 0.3) is 0 Å². The van der Waals surface area contributed by atoms with E-state index >= 15 is 0 Å². The third-order valence-corrected chi connectivity index (χ3v) is 7.48. The molecule has 0 bridgehead atoms. The van der Waals surface area contributed by atoms with E-state index in [4.69, 9.17) is 32.4 Å². The molecule has 36 heavy (non-hydrogen) atoms. The van der Waals surface area contributed by atoms with Gasteiger partial charge in [-0.15, -0.1) is 0 Å². The highest BCUT2D eigenvalue weighted by Gasteiger charge is 2.42. The van der Waals surface area contributed by atoms with E-state index in [2.05, 4.69) is 0 Å². The second kappa shape index (κ2) is 14.6. The summed E-state index contributed by atoms with van der Waals surface area (Å²) >= 11 is 0. The third-order valence-electron chi connectivity index (χ3n) is 7.48. The van der Waals surface area contributed by atoms with Crippen LogP contribution in [0.3, 0.4) is 0 Å². The maximum atomic E-state index is 10.4. The molecule has 13 N–H and O–H groups in total. The molecule has 0 aromatic carbocycles. The van der Waals surface area contributed by atoms with Gasteiger partial charge >= 0.3 is 0 Å². The Bertz CT molecular complexity index is 626. The Morgan fingerprint density at radius 1 is 0.694 bits per heavy atom. The number of nitrogens with two attached hydrogens (primary N) is 4. The molecule has 0 heterocycles. The monoisotopic (exact) mass is 522 g/mol. The Hall–Kier alpha value is -0.520. The number of hydrogen-bond acceptors (Lipinski definition) is 13. The number of aliphatic hydroxyl groups is 5. The van der Waals surface area contributed by atoms with Gasteiger partial charge in [0.05, 0.1) is 43.7 Å². The van der Waals surface area contributed by atoms with Crippen LogP contribution in [0.15, 0.2) is 0 Å². The zero-order chi connectivity index (χ0) is 27.2. The van der Waals surface area contributed by atoms with Gasteiger partial charge in [-0.05, 0) is 26.9 Å². The summed E-state index contributed by atoms with van der Waals surface area (Å²) in [5.74, 6) is -0.0615. The molecule has 0 aromatic rings. The van der Waals surface area contributed by atoms with E-state index in [0.717, 1.165) is 0 Å². The third kappa shape index (κ3) is 9.05. The summed E-state index contributed by atoms with van der Waals surface area (Å²) in [5.41, 5.74) is 23.8. The second-order valence-corrected chi connectivity index (χ2v) is 10.9. The maximum absolute atomic E-state index is 10.4. The van der Waals surface area contributed by atoms with Crippen LogP contribution in [0.5, 0.6) is 0 Å².